The van der Waals surface area contributed by atoms with Crippen LogP contribution in [0.2, 0.25) is 0 Å². The third-order valence-corrected chi connectivity index (χ3v) is 5.60. The second-order valence-corrected chi connectivity index (χ2v) is 7.65. The second-order valence-electron chi connectivity index (χ2n) is 7.65. The van der Waals surface area contributed by atoms with Gasteiger partial charge in [-0.1, -0.05) is 12.1 Å². The Hall–Kier alpha value is -2.43. The number of Topliss-reactive ketones (excluding diaryl/α,β-unsaturated/α-hetero) is 1. The lowest BCUT2D eigenvalue weighted by atomic mass is 9.92. The largest absolute Gasteiger partial charge is 0.343 e. The average Bonchev–Trinajstić information content (AvgIpc) is 2.89. The van der Waals surface area contributed by atoms with E-state index in [-0.39, 0.29) is 30.0 Å². The minimum atomic E-state index is -0.261. The molecule has 0 unspecified atom stereocenters. The molecule has 0 saturated carbocycles. The monoisotopic (exact) mass is 370 g/mol. The lowest BCUT2D eigenvalue weighted by Gasteiger charge is -2.22. The molecule has 1 aliphatic carbocycles. The highest BCUT2D eigenvalue weighted by molar-refractivity contribution is 6.01. The third kappa shape index (κ3) is 3.82. The number of benzene rings is 1. The SMILES string of the molecule is Cc1c(CC(=O)N(C)C(C)C)c2c(n1Cc1ccc(F)cc1)CCCC2=O. The number of rotatable bonds is 5. The van der Waals surface area contributed by atoms with Gasteiger partial charge in [-0.05, 0) is 56.9 Å². The van der Waals surface area contributed by atoms with Crippen molar-refractivity contribution in [1.29, 1.82) is 0 Å². The standard InChI is InChI=1S/C22H27FN2O2/c1-14(2)24(4)21(27)12-18-15(3)25(13-16-8-10-17(23)11-9-16)19-6-5-7-20(26)22(18)19/h8-11,14H,5-7,12-13H2,1-4H3. The second kappa shape index (κ2) is 7.67. The average molecular weight is 370 g/mol. The zero-order valence-corrected chi connectivity index (χ0v) is 16.5. The van der Waals surface area contributed by atoms with Gasteiger partial charge in [0.15, 0.2) is 5.78 Å². The van der Waals surface area contributed by atoms with Crippen molar-refractivity contribution in [2.24, 2.45) is 0 Å². The van der Waals surface area contributed by atoms with Gasteiger partial charge in [-0.2, -0.15) is 0 Å². The van der Waals surface area contributed by atoms with Gasteiger partial charge in [0.2, 0.25) is 5.91 Å². The van der Waals surface area contributed by atoms with Crippen molar-refractivity contribution >= 4 is 11.7 Å². The van der Waals surface area contributed by atoms with Gasteiger partial charge in [-0.25, -0.2) is 4.39 Å². The number of amides is 1. The normalized spacial score (nSPS) is 13.8. The smallest absolute Gasteiger partial charge is 0.227 e. The molecule has 144 valence electrons. The van der Waals surface area contributed by atoms with E-state index >= 15 is 0 Å². The molecule has 0 aliphatic heterocycles. The van der Waals surface area contributed by atoms with Crippen molar-refractivity contribution in [1.82, 2.24) is 9.47 Å². The highest BCUT2D eigenvalue weighted by atomic mass is 19.1. The molecule has 1 amide bonds. The van der Waals surface area contributed by atoms with Crippen molar-refractivity contribution in [2.45, 2.75) is 59.0 Å². The molecule has 1 heterocycles. The van der Waals surface area contributed by atoms with E-state index in [2.05, 4.69) is 4.57 Å². The van der Waals surface area contributed by atoms with E-state index in [0.29, 0.717) is 13.0 Å². The van der Waals surface area contributed by atoms with E-state index in [1.165, 1.54) is 12.1 Å². The Morgan fingerprint density at radius 2 is 1.89 bits per heavy atom. The van der Waals surface area contributed by atoms with Gasteiger partial charge in [0.1, 0.15) is 5.82 Å². The predicted octanol–water partition coefficient (Wildman–Crippen LogP) is 3.91. The Morgan fingerprint density at radius 1 is 1.22 bits per heavy atom. The van der Waals surface area contributed by atoms with E-state index in [0.717, 1.165) is 40.9 Å². The zero-order valence-electron chi connectivity index (χ0n) is 16.5. The van der Waals surface area contributed by atoms with Crippen LogP contribution in [0, 0.1) is 12.7 Å². The first-order valence-electron chi connectivity index (χ1n) is 9.53. The molecular weight excluding hydrogens is 343 g/mol. The van der Waals surface area contributed by atoms with Crippen LogP contribution in [0.15, 0.2) is 24.3 Å². The summed E-state index contributed by atoms with van der Waals surface area (Å²) in [7, 11) is 1.80. The Labute approximate surface area is 160 Å². The Balaban J connectivity index is 2.01. The summed E-state index contributed by atoms with van der Waals surface area (Å²) in [4.78, 5) is 27.1. The molecule has 5 heteroatoms. The topological polar surface area (TPSA) is 42.3 Å². The van der Waals surface area contributed by atoms with E-state index in [1.807, 2.05) is 20.8 Å². The number of halogens is 1. The van der Waals surface area contributed by atoms with E-state index in [1.54, 1.807) is 24.1 Å². The molecule has 0 atom stereocenters. The Morgan fingerprint density at radius 3 is 2.52 bits per heavy atom. The first kappa shape index (κ1) is 19.3. The fraction of sp³-hybridized carbons (Fsp3) is 0.455. The molecule has 1 aromatic heterocycles. The maximum Gasteiger partial charge on any atom is 0.227 e. The molecule has 2 aromatic rings. The minimum absolute atomic E-state index is 0.0215. The first-order valence-corrected chi connectivity index (χ1v) is 9.53. The molecular formula is C22H27FN2O2. The van der Waals surface area contributed by atoms with Crippen LogP contribution in [-0.2, 0) is 24.2 Å². The first-order chi connectivity index (χ1) is 12.8. The number of hydrogen-bond donors (Lipinski definition) is 0. The molecule has 0 radical (unpaired) electrons. The van der Waals surface area contributed by atoms with Gasteiger partial charge in [-0.15, -0.1) is 0 Å². The van der Waals surface area contributed by atoms with Crippen LogP contribution in [0.3, 0.4) is 0 Å². The number of ketones is 1. The fourth-order valence-corrected chi connectivity index (χ4v) is 3.75. The quantitative estimate of drug-likeness (QED) is 0.801. The number of aromatic nitrogens is 1. The number of hydrogen-bond acceptors (Lipinski definition) is 2. The van der Waals surface area contributed by atoms with Crippen LogP contribution in [0.25, 0.3) is 0 Å². The van der Waals surface area contributed by atoms with Crippen LogP contribution >= 0.6 is 0 Å². The summed E-state index contributed by atoms with van der Waals surface area (Å²) in [6.07, 6.45) is 2.44. The molecule has 1 aromatic carbocycles. The molecule has 0 bridgehead atoms. The fourth-order valence-electron chi connectivity index (χ4n) is 3.75. The highest BCUT2D eigenvalue weighted by Crippen LogP contribution is 2.31. The maximum atomic E-state index is 13.2. The third-order valence-electron chi connectivity index (χ3n) is 5.60. The molecule has 0 N–H and O–H groups in total. The molecule has 3 rings (SSSR count). The van der Waals surface area contributed by atoms with Crippen LogP contribution < -0.4 is 0 Å². The van der Waals surface area contributed by atoms with E-state index < -0.39 is 0 Å². The van der Waals surface area contributed by atoms with Crippen LogP contribution in [0.4, 0.5) is 4.39 Å². The van der Waals surface area contributed by atoms with Crippen LogP contribution in [0.1, 0.15) is 59.6 Å². The number of fused-ring (bicyclic) bond motifs is 1. The summed E-state index contributed by atoms with van der Waals surface area (Å²) in [5, 5.41) is 0. The summed E-state index contributed by atoms with van der Waals surface area (Å²) in [6, 6.07) is 6.55. The van der Waals surface area contributed by atoms with Crippen LogP contribution in [-0.4, -0.2) is 34.2 Å². The van der Waals surface area contributed by atoms with Gasteiger partial charge in [0.05, 0.1) is 6.42 Å². The number of nitrogens with zero attached hydrogens (tertiary/aromatic N) is 2. The van der Waals surface area contributed by atoms with Gasteiger partial charge in [-0.3, -0.25) is 9.59 Å². The molecule has 1 aliphatic rings. The van der Waals surface area contributed by atoms with E-state index in [4.69, 9.17) is 0 Å². The van der Waals surface area contributed by atoms with E-state index in [9.17, 15) is 14.0 Å². The predicted molar refractivity (Wildman–Crippen MR) is 104 cm³/mol. The summed E-state index contributed by atoms with van der Waals surface area (Å²) >= 11 is 0. The Kier molecular flexibility index (Phi) is 5.49. The lowest BCUT2D eigenvalue weighted by Crippen LogP contribution is -2.34. The van der Waals surface area contributed by atoms with Crippen molar-refractivity contribution in [3.8, 4) is 0 Å². The van der Waals surface area contributed by atoms with Gasteiger partial charge >= 0.3 is 0 Å². The Bertz CT molecular complexity index is 865. The van der Waals surface area contributed by atoms with Crippen molar-refractivity contribution in [2.75, 3.05) is 7.05 Å². The highest BCUT2D eigenvalue weighted by Gasteiger charge is 2.29. The number of likely N-dealkylation sites (N-methyl/N-ethyl adjacent to an activating group) is 1. The zero-order chi connectivity index (χ0) is 19.7. The molecule has 0 fully saturated rings. The maximum absolute atomic E-state index is 13.2. The van der Waals surface area contributed by atoms with Gasteiger partial charge in [0, 0.05) is 43.0 Å². The summed E-state index contributed by atoms with van der Waals surface area (Å²) in [5.74, 6) is -0.108. The molecule has 4 nitrogen and oxygen atoms in total. The molecule has 0 spiro atoms. The van der Waals surface area contributed by atoms with Crippen LogP contribution in [0.5, 0.6) is 0 Å². The molecule has 27 heavy (non-hydrogen) atoms. The lowest BCUT2D eigenvalue weighted by molar-refractivity contribution is -0.130. The number of carbonyl (C=O) groups is 2. The summed E-state index contributed by atoms with van der Waals surface area (Å²) in [6.45, 7) is 6.51. The van der Waals surface area contributed by atoms with Crippen molar-refractivity contribution in [3.63, 3.8) is 0 Å². The van der Waals surface area contributed by atoms with Gasteiger partial charge < -0.3 is 9.47 Å². The molecule has 0 saturated heterocycles. The summed E-state index contributed by atoms with van der Waals surface area (Å²) < 4.78 is 15.4. The van der Waals surface area contributed by atoms with Gasteiger partial charge in [0.25, 0.3) is 0 Å². The number of carbonyl (C=O) groups excluding carboxylic acids is 2. The minimum Gasteiger partial charge on any atom is -0.343 e. The van der Waals surface area contributed by atoms with Crippen molar-refractivity contribution < 1.29 is 14.0 Å². The summed E-state index contributed by atoms with van der Waals surface area (Å²) in [5.41, 5.74) is 4.56. The van der Waals surface area contributed by atoms with Crippen molar-refractivity contribution in [3.05, 3.63) is 58.2 Å².